The van der Waals surface area contributed by atoms with Crippen LogP contribution in [0.5, 0.6) is 0 Å². The molecule has 0 heterocycles. The predicted molar refractivity (Wildman–Crippen MR) is 69.6 cm³/mol. The molecule has 0 N–H and O–H groups in total. The molecule has 0 aliphatic carbocycles. The summed E-state index contributed by atoms with van der Waals surface area (Å²) in [6, 6.07) is 5.51. The zero-order chi connectivity index (χ0) is 12.8. The molecule has 0 aliphatic heterocycles. The summed E-state index contributed by atoms with van der Waals surface area (Å²) >= 11 is 3.24. The Morgan fingerprint density at radius 3 is 2.65 bits per heavy atom. The van der Waals surface area contributed by atoms with Crippen LogP contribution >= 0.6 is 15.9 Å². The van der Waals surface area contributed by atoms with Gasteiger partial charge in [-0.05, 0) is 12.5 Å². The van der Waals surface area contributed by atoms with E-state index in [0.717, 1.165) is 11.1 Å². The van der Waals surface area contributed by atoms with Crippen LogP contribution in [-0.2, 0) is 16.0 Å². The summed E-state index contributed by atoms with van der Waals surface area (Å²) in [6.45, 7) is 1.93. The van der Waals surface area contributed by atoms with Crippen LogP contribution in [0.4, 0.5) is 0 Å². The second-order valence-corrected chi connectivity index (χ2v) is 4.57. The first kappa shape index (κ1) is 13.9. The second kappa shape index (κ2) is 6.55. The van der Waals surface area contributed by atoms with Crippen molar-refractivity contribution >= 4 is 27.7 Å². The summed E-state index contributed by atoms with van der Waals surface area (Å²) < 4.78 is 4.63. The van der Waals surface area contributed by atoms with Gasteiger partial charge < -0.3 is 4.74 Å². The maximum atomic E-state index is 11.9. The summed E-state index contributed by atoms with van der Waals surface area (Å²) in [5.74, 6) is -0.288. The molecule has 0 saturated carbocycles. The number of methoxy groups -OCH3 is 1. The van der Waals surface area contributed by atoms with Crippen LogP contribution < -0.4 is 0 Å². The zero-order valence-electron chi connectivity index (χ0n) is 9.96. The highest BCUT2D eigenvalue weighted by Gasteiger charge is 2.13. The molecular weight excluding hydrogens is 284 g/mol. The highest BCUT2D eigenvalue weighted by Crippen LogP contribution is 2.15. The minimum absolute atomic E-state index is 0.0424. The quantitative estimate of drug-likeness (QED) is 0.477. The first-order valence-corrected chi connectivity index (χ1v) is 6.46. The summed E-state index contributed by atoms with van der Waals surface area (Å²) in [5.41, 5.74) is 2.38. The molecule has 0 bridgehead atoms. The smallest absolute Gasteiger partial charge is 0.310 e. The lowest BCUT2D eigenvalue weighted by atomic mass is 9.97. The fourth-order valence-electron chi connectivity index (χ4n) is 1.59. The maximum absolute atomic E-state index is 11.9. The Kier molecular flexibility index (Phi) is 5.35. The number of rotatable bonds is 5. The van der Waals surface area contributed by atoms with Crippen LogP contribution in [0.1, 0.15) is 27.9 Å². The number of esters is 1. The van der Waals surface area contributed by atoms with Crippen molar-refractivity contribution in [1.82, 2.24) is 0 Å². The lowest BCUT2D eigenvalue weighted by Gasteiger charge is -2.08. The van der Waals surface area contributed by atoms with Gasteiger partial charge in [0.05, 0.1) is 13.5 Å². The maximum Gasteiger partial charge on any atom is 0.310 e. The topological polar surface area (TPSA) is 43.4 Å². The number of carbonyl (C=O) groups excluding carboxylic acids is 2. The van der Waals surface area contributed by atoms with Crippen molar-refractivity contribution in [2.75, 3.05) is 12.4 Å². The largest absolute Gasteiger partial charge is 0.469 e. The van der Waals surface area contributed by atoms with Crippen LogP contribution in [0.25, 0.3) is 0 Å². The van der Waals surface area contributed by atoms with Gasteiger partial charge >= 0.3 is 5.97 Å². The Hall–Kier alpha value is -1.16. The Labute approximate surface area is 109 Å². The second-order valence-electron chi connectivity index (χ2n) is 3.78. The number of hydrogen-bond donors (Lipinski definition) is 0. The molecule has 1 aromatic carbocycles. The molecule has 92 valence electrons. The van der Waals surface area contributed by atoms with E-state index in [1.165, 1.54) is 7.11 Å². The summed E-state index contributed by atoms with van der Waals surface area (Å²) in [7, 11) is 1.35. The van der Waals surface area contributed by atoms with Gasteiger partial charge in [0.15, 0.2) is 5.78 Å². The first-order chi connectivity index (χ1) is 8.08. The lowest BCUT2D eigenvalue weighted by Crippen LogP contribution is -2.10. The van der Waals surface area contributed by atoms with Crippen molar-refractivity contribution in [3.05, 3.63) is 34.9 Å². The van der Waals surface area contributed by atoms with Gasteiger partial charge in [-0.2, -0.15) is 0 Å². The number of Topliss-reactive ketones (excluding diaryl/α,β-unsaturated/α-hetero) is 1. The van der Waals surface area contributed by atoms with E-state index < -0.39 is 0 Å². The minimum atomic E-state index is -0.330. The third-order valence-corrected chi connectivity index (χ3v) is 2.84. The average molecular weight is 299 g/mol. The number of ether oxygens (including phenoxy) is 1. The van der Waals surface area contributed by atoms with E-state index in [0.29, 0.717) is 17.3 Å². The Morgan fingerprint density at radius 2 is 2.06 bits per heavy atom. The van der Waals surface area contributed by atoms with Gasteiger partial charge in [0.25, 0.3) is 0 Å². The number of ketones is 1. The highest BCUT2D eigenvalue weighted by atomic mass is 79.9. The van der Waals surface area contributed by atoms with Crippen molar-refractivity contribution in [2.45, 2.75) is 19.8 Å². The molecule has 0 aromatic heterocycles. The van der Waals surface area contributed by atoms with Crippen LogP contribution in [0, 0.1) is 6.92 Å². The molecule has 17 heavy (non-hydrogen) atoms. The SMILES string of the molecule is COC(=O)Cc1cc(C)ccc1C(=O)CCBr. The number of carbonyl (C=O) groups is 2. The van der Waals surface area contributed by atoms with E-state index in [1.807, 2.05) is 19.1 Å². The molecule has 0 saturated heterocycles. The van der Waals surface area contributed by atoms with E-state index in [9.17, 15) is 9.59 Å². The van der Waals surface area contributed by atoms with E-state index >= 15 is 0 Å². The van der Waals surface area contributed by atoms with Gasteiger partial charge in [-0.15, -0.1) is 0 Å². The van der Waals surface area contributed by atoms with Gasteiger partial charge in [0.1, 0.15) is 0 Å². The van der Waals surface area contributed by atoms with Crippen LogP contribution in [0.2, 0.25) is 0 Å². The average Bonchev–Trinajstić information content (AvgIpc) is 2.29. The number of alkyl halides is 1. The van der Waals surface area contributed by atoms with E-state index in [2.05, 4.69) is 20.7 Å². The van der Waals surface area contributed by atoms with Gasteiger partial charge in [-0.1, -0.05) is 39.7 Å². The number of aryl methyl sites for hydroxylation is 1. The highest BCUT2D eigenvalue weighted by molar-refractivity contribution is 9.09. The normalized spacial score (nSPS) is 10.1. The molecule has 4 heteroatoms. The van der Waals surface area contributed by atoms with Gasteiger partial charge in [0.2, 0.25) is 0 Å². The Bertz CT molecular complexity index is 427. The number of halogens is 1. The molecule has 0 spiro atoms. The molecule has 3 nitrogen and oxygen atoms in total. The van der Waals surface area contributed by atoms with E-state index in [-0.39, 0.29) is 18.2 Å². The fraction of sp³-hybridized carbons (Fsp3) is 0.385. The number of benzene rings is 1. The monoisotopic (exact) mass is 298 g/mol. The lowest BCUT2D eigenvalue weighted by molar-refractivity contribution is -0.139. The standard InChI is InChI=1S/C13H15BrO3/c1-9-3-4-11(12(15)5-6-14)10(7-9)8-13(16)17-2/h3-4,7H,5-6,8H2,1-2H3. The van der Waals surface area contributed by atoms with Crippen molar-refractivity contribution in [1.29, 1.82) is 0 Å². The number of hydrogen-bond acceptors (Lipinski definition) is 3. The van der Waals surface area contributed by atoms with E-state index in [1.54, 1.807) is 6.07 Å². The molecule has 0 unspecified atom stereocenters. The van der Waals surface area contributed by atoms with Gasteiger partial charge in [-0.25, -0.2) is 0 Å². The predicted octanol–water partition coefficient (Wildman–Crippen LogP) is 2.68. The molecule has 1 aromatic rings. The molecular formula is C13H15BrO3. The third-order valence-electron chi connectivity index (χ3n) is 2.45. The van der Waals surface area contributed by atoms with Crippen LogP contribution in [-0.4, -0.2) is 24.2 Å². The van der Waals surface area contributed by atoms with Crippen molar-refractivity contribution in [3.8, 4) is 0 Å². The van der Waals surface area contributed by atoms with Gasteiger partial charge in [0, 0.05) is 17.3 Å². The van der Waals surface area contributed by atoms with Crippen molar-refractivity contribution in [3.63, 3.8) is 0 Å². The molecule has 0 radical (unpaired) electrons. The molecule has 0 fully saturated rings. The molecule has 0 atom stereocenters. The van der Waals surface area contributed by atoms with Crippen molar-refractivity contribution in [2.24, 2.45) is 0 Å². The van der Waals surface area contributed by atoms with Gasteiger partial charge in [-0.3, -0.25) is 9.59 Å². The minimum Gasteiger partial charge on any atom is -0.469 e. The summed E-state index contributed by atoms with van der Waals surface area (Å²) in [6.07, 6.45) is 0.568. The molecule has 0 amide bonds. The molecule has 0 aliphatic rings. The third kappa shape index (κ3) is 3.97. The molecule has 1 rings (SSSR count). The Balaban J connectivity index is 3.03. The van der Waals surface area contributed by atoms with Crippen molar-refractivity contribution < 1.29 is 14.3 Å². The summed E-state index contributed by atoms with van der Waals surface area (Å²) in [5, 5.41) is 0.622. The zero-order valence-corrected chi connectivity index (χ0v) is 11.5. The fourth-order valence-corrected chi connectivity index (χ4v) is 1.95. The van der Waals surface area contributed by atoms with E-state index in [4.69, 9.17) is 0 Å². The van der Waals surface area contributed by atoms with Crippen LogP contribution in [0.15, 0.2) is 18.2 Å². The van der Waals surface area contributed by atoms with Crippen LogP contribution in [0.3, 0.4) is 0 Å². The summed E-state index contributed by atoms with van der Waals surface area (Å²) in [4.78, 5) is 23.1. The Morgan fingerprint density at radius 1 is 1.35 bits per heavy atom. The first-order valence-electron chi connectivity index (χ1n) is 5.34.